The highest BCUT2D eigenvalue weighted by Gasteiger charge is 2.08. The number of nitrogens with one attached hydrogen (secondary N) is 1. The molecule has 0 aliphatic rings. The SMILES string of the molecule is CCc1ccccc1CNC(=O)c1cc(C)cc(Br)c1. The van der Waals surface area contributed by atoms with E-state index in [2.05, 4.69) is 40.3 Å². The second-order valence-corrected chi connectivity index (χ2v) is 5.74. The molecule has 2 rings (SSSR count). The lowest BCUT2D eigenvalue weighted by atomic mass is 10.1. The summed E-state index contributed by atoms with van der Waals surface area (Å²) >= 11 is 3.42. The highest BCUT2D eigenvalue weighted by molar-refractivity contribution is 9.10. The van der Waals surface area contributed by atoms with Crippen LogP contribution >= 0.6 is 15.9 Å². The zero-order valence-electron chi connectivity index (χ0n) is 11.7. The van der Waals surface area contributed by atoms with Crippen molar-refractivity contribution in [2.75, 3.05) is 0 Å². The first-order valence-corrected chi connectivity index (χ1v) is 7.51. The molecular weight excluding hydrogens is 314 g/mol. The Hall–Kier alpha value is -1.61. The van der Waals surface area contributed by atoms with Crippen LogP contribution in [0.2, 0.25) is 0 Å². The van der Waals surface area contributed by atoms with E-state index in [4.69, 9.17) is 0 Å². The lowest BCUT2D eigenvalue weighted by Crippen LogP contribution is -2.23. The van der Waals surface area contributed by atoms with Crippen LogP contribution in [0.4, 0.5) is 0 Å². The predicted octanol–water partition coefficient (Wildman–Crippen LogP) is 4.25. The van der Waals surface area contributed by atoms with Crippen molar-refractivity contribution < 1.29 is 4.79 Å². The Morgan fingerprint density at radius 1 is 1.15 bits per heavy atom. The lowest BCUT2D eigenvalue weighted by molar-refractivity contribution is 0.0950. The molecule has 0 aromatic heterocycles. The zero-order chi connectivity index (χ0) is 14.5. The molecule has 0 unspecified atom stereocenters. The molecule has 2 aromatic rings. The molecule has 3 heteroatoms. The topological polar surface area (TPSA) is 29.1 Å². The molecule has 1 amide bonds. The van der Waals surface area contributed by atoms with E-state index in [9.17, 15) is 4.79 Å². The second kappa shape index (κ2) is 6.71. The van der Waals surface area contributed by atoms with Crippen LogP contribution in [0.1, 0.15) is 34.0 Å². The number of benzene rings is 2. The van der Waals surface area contributed by atoms with E-state index < -0.39 is 0 Å². The average molecular weight is 332 g/mol. The molecule has 0 aliphatic carbocycles. The molecule has 0 saturated heterocycles. The maximum atomic E-state index is 12.2. The van der Waals surface area contributed by atoms with Crippen molar-refractivity contribution in [3.8, 4) is 0 Å². The maximum absolute atomic E-state index is 12.2. The van der Waals surface area contributed by atoms with Gasteiger partial charge in [-0.15, -0.1) is 0 Å². The first-order chi connectivity index (χ1) is 9.60. The molecule has 0 radical (unpaired) electrons. The molecular formula is C17H18BrNO. The van der Waals surface area contributed by atoms with E-state index in [0.29, 0.717) is 12.1 Å². The molecule has 0 spiro atoms. The second-order valence-electron chi connectivity index (χ2n) is 4.82. The summed E-state index contributed by atoms with van der Waals surface area (Å²) < 4.78 is 0.927. The molecule has 0 bridgehead atoms. The fourth-order valence-electron chi connectivity index (χ4n) is 2.22. The standard InChI is InChI=1S/C17H18BrNO/c1-3-13-6-4-5-7-14(13)11-19-17(20)15-8-12(2)9-16(18)10-15/h4-10H,3,11H2,1-2H3,(H,19,20). The number of hydrogen-bond donors (Lipinski definition) is 1. The average Bonchev–Trinajstić information content (AvgIpc) is 2.44. The molecule has 1 N–H and O–H groups in total. The first kappa shape index (κ1) is 14.8. The fourth-order valence-corrected chi connectivity index (χ4v) is 2.83. The van der Waals surface area contributed by atoms with E-state index in [1.807, 2.05) is 37.3 Å². The van der Waals surface area contributed by atoms with Crippen molar-refractivity contribution in [2.45, 2.75) is 26.8 Å². The fraction of sp³-hybridized carbons (Fsp3) is 0.235. The van der Waals surface area contributed by atoms with E-state index in [1.165, 1.54) is 11.1 Å². The van der Waals surface area contributed by atoms with E-state index in [0.717, 1.165) is 16.5 Å². The Balaban J connectivity index is 2.08. The van der Waals surface area contributed by atoms with Gasteiger partial charge < -0.3 is 5.32 Å². The Kier molecular flexibility index (Phi) is 4.96. The van der Waals surface area contributed by atoms with Gasteiger partial charge in [-0.1, -0.05) is 47.1 Å². The van der Waals surface area contributed by atoms with Crippen LogP contribution in [0.25, 0.3) is 0 Å². The van der Waals surface area contributed by atoms with Crippen molar-refractivity contribution in [3.63, 3.8) is 0 Å². The van der Waals surface area contributed by atoms with E-state index >= 15 is 0 Å². The third-order valence-corrected chi connectivity index (χ3v) is 3.70. The molecule has 0 atom stereocenters. The van der Waals surface area contributed by atoms with Gasteiger partial charge in [-0.3, -0.25) is 4.79 Å². The van der Waals surface area contributed by atoms with Crippen molar-refractivity contribution in [1.29, 1.82) is 0 Å². The summed E-state index contributed by atoms with van der Waals surface area (Å²) in [5.74, 6) is -0.0414. The number of carbonyl (C=O) groups excluding carboxylic acids is 1. The number of aryl methyl sites for hydroxylation is 2. The number of amides is 1. The summed E-state index contributed by atoms with van der Waals surface area (Å²) in [5, 5.41) is 2.98. The van der Waals surface area contributed by atoms with Crippen molar-refractivity contribution in [2.24, 2.45) is 0 Å². The first-order valence-electron chi connectivity index (χ1n) is 6.72. The Bertz CT molecular complexity index is 602. The smallest absolute Gasteiger partial charge is 0.251 e. The third kappa shape index (κ3) is 3.70. The summed E-state index contributed by atoms with van der Waals surface area (Å²) in [4.78, 5) is 12.2. The number of halogens is 1. The van der Waals surface area contributed by atoms with Crippen LogP contribution < -0.4 is 5.32 Å². The van der Waals surface area contributed by atoms with Crippen LogP contribution in [0.15, 0.2) is 46.9 Å². The number of rotatable bonds is 4. The third-order valence-electron chi connectivity index (χ3n) is 3.24. The van der Waals surface area contributed by atoms with Gasteiger partial charge in [-0.25, -0.2) is 0 Å². The lowest BCUT2D eigenvalue weighted by Gasteiger charge is -2.10. The summed E-state index contributed by atoms with van der Waals surface area (Å²) in [6, 6.07) is 13.9. The van der Waals surface area contributed by atoms with Crippen LogP contribution in [0, 0.1) is 6.92 Å². The van der Waals surface area contributed by atoms with Crippen molar-refractivity contribution in [3.05, 3.63) is 69.2 Å². The zero-order valence-corrected chi connectivity index (χ0v) is 13.3. The van der Waals surface area contributed by atoms with Gasteiger partial charge in [0, 0.05) is 16.6 Å². The van der Waals surface area contributed by atoms with E-state index in [1.54, 1.807) is 0 Å². The van der Waals surface area contributed by atoms with Gasteiger partial charge in [0.2, 0.25) is 0 Å². The summed E-state index contributed by atoms with van der Waals surface area (Å²) in [6.07, 6.45) is 0.974. The van der Waals surface area contributed by atoms with Crippen LogP contribution in [-0.4, -0.2) is 5.91 Å². The monoisotopic (exact) mass is 331 g/mol. The predicted molar refractivity (Wildman–Crippen MR) is 85.9 cm³/mol. The van der Waals surface area contributed by atoms with Crippen LogP contribution in [-0.2, 0) is 13.0 Å². The summed E-state index contributed by atoms with van der Waals surface area (Å²) in [6.45, 7) is 4.67. The number of hydrogen-bond acceptors (Lipinski definition) is 1. The Morgan fingerprint density at radius 3 is 2.50 bits per heavy atom. The van der Waals surface area contributed by atoms with Gasteiger partial charge in [0.05, 0.1) is 0 Å². The Morgan fingerprint density at radius 2 is 1.85 bits per heavy atom. The normalized spacial score (nSPS) is 10.3. The largest absolute Gasteiger partial charge is 0.348 e. The molecule has 0 fully saturated rings. The van der Waals surface area contributed by atoms with Gasteiger partial charge in [0.1, 0.15) is 0 Å². The summed E-state index contributed by atoms with van der Waals surface area (Å²) in [7, 11) is 0. The highest BCUT2D eigenvalue weighted by Crippen LogP contribution is 2.15. The quantitative estimate of drug-likeness (QED) is 0.891. The van der Waals surface area contributed by atoms with Gasteiger partial charge in [-0.2, -0.15) is 0 Å². The van der Waals surface area contributed by atoms with Gasteiger partial charge in [-0.05, 0) is 48.2 Å². The minimum atomic E-state index is -0.0414. The molecule has 20 heavy (non-hydrogen) atoms. The van der Waals surface area contributed by atoms with Crippen LogP contribution in [0.3, 0.4) is 0 Å². The molecule has 104 valence electrons. The highest BCUT2D eigenvalue weighted by atomic mass is 79.9. The minimum Gasteiger partial charge on any atom is -0.348 e. The molecule has 0 saturated carbocycles. The van der Waals surface area contributed by atoms with Gasteiger partial charge >= 0.3 is 0 Å². The minimum absolute atomic E-state index is 0.0414. The van der Waals surface area contributed by atoms with Crippen molar-refractivity contribution in [1.82, 2.24) is 5.32 Å². The van der Waals surface area contributed by atoms with Gasteiger partial charge in [0.25, 0.3) is 5.91 Å². The summed E-state index contributed by atoms with van der Waals surface area (Å²) in [5.41, 5.74) is 4.21. The van der Waals surface area contributed by atoms with Crippen LogP contribution in [0.5, 0.6) is 0 Å². The Labute approximate surface area is 128 Å². The maximum Gasteiger partial charge on any atom is 0.251 e. The van der Waals surface area contributed by atoms with E-state index in [-0.39, 0.29) is 5.91 Å². The van der Waals surface area contributed by atoms with Crippen molar-refractivity contribution >= 4 is 21.8 Å². The van der Waals surface area contributed by atoms with Gasteiger partial charge in [0.15, 0.2) is 0 Å². The number of carbonyl (C=O) groups is 1. The molecule has 0 heterocycles. The molecule has 0 aliphatic heterocycles. The molecule has 2 nitrogen and oxygen atoms in total. The molecule has 2 aromatic carbocycles.